The van der Waals surface area contributed by atoms with Gasteiger partial charge in [-0.25, -0.2) is 0 Å². The normalized spacial score (nSPS) is 15.1. The predicted octanol–water partition coefficient (Wildman–Crippen LogP) is 5.64. The molecular weight excluding hydrogens is 324 g/mol. The second kappa shape index (κ2) is 7.65. The van der Waals surface area contributed by atoms with Crippen LogP contribution in [-0.2, 0) is 0 Å². The summed E-state index contributed by atoms with van der Waals surface area (Å²) in [4.78, 5) is 4.36. The number of nitrogens with one attached hydrogen (secondary N) is 1. The van der Waals surface area contributed by atoms with Crippen LogP contribution in [-0.4, -0.2) is 16.7 Å². The summed E-state index contributed by atoms with van der Waals surface area (Å²) in [6, 6.07) is 15.1. The lowest BCUT2D eigenvalue weighted by atomic mass is 9.90. The molecule has 0 saturated heterocycles. The summed E-state index contributed by atoms with van der Waals surface area (Å²) in [6.07, 6.45) is 8.30. The molecule has 2 N–H and O–H groups in total. The molecule has 0 spiro atoms. The number of pyridine rings is 1. The summed E-state index contributed by atoms with van der Waals surface area (Å²) in [5.41, 5.74) is 2.67. The number of aromatic nitrogens is 1. The zero-order valence-corrected chi connectivity index (χ0v) is 14.8. The van der Waals surface area contributed by atoms with Crippen molar-refractivity contribution >= 4 is 22.3 Å². The molecule has 4 rings (SSSR count). The molecule has 0 unspecified atom stereocenters. The number of nitrogens with zero attached hydrogens (tertiary/aromatic N) is 1. The van der Waals surface area contributed by atoms with Gasteiger partial charge >= 0.3 is 0 Å². The van der Waals surface area contributed by atoms with Crippen molar-refractivity contribution in [3.8, 4) is 11.5 Å². The van der Waals surface area contributed by atoms with Crippen LogP contribution in [0, 0.1) is 5.92 Å². The zero-order valence-electron chi connectivity index (χ0n) is 14.8. The maximum atomic E-state index is 9.82. The van der Waals surface area contributed by atoms with Crippen molar-refractivity contribution in [1.82, 2.24) is 4.98 Å². The van der Waals surface area contributed by atoms with Crippen LogP contribution in [0.1, 0.15) is 32.1 Å². The van der Waals surface area contributed by atoms with E-state index in [0.717, 1.165) is 34.6 Å². The molecule has 1 heterocycles. The lowest BCUT2D eigenvalue weighted by Crippen LogP contribution is -2.15. The lowest BCUT2D eigenvalue weighted by Gasteiger charge is -2.22. The molecule has 1 aliphatic rings. The van der Waals surface area contributed by atoms with E-state index in [1.165, 1.54) is 32.1 Å². The van der Waals surface area contributed by atoms with Crippen LogP contribution < -0.4 is 10.1 Å². The summed E-state index contributed by atoms with van der Waals surface area (Å²) in [5.74, 6) is 1.76. The standard InChI is InChI=1S/C22H24N2O2/c25-17-10-11-19-18(14-17)20(12-13-23-19)24-21-8-4-5-9-22(21)26-15-16-6-2-1-3-7-16/h4-5,8-14,16,25H,1-3,6-7,15H2,(H,23,24). The number of rotatable bonds is 5. The van der Waals surface area contributed by atoms with E-state index in [1.54, 1.807) is 18.3 Å². The minimum Gasteiger partial charge on any atom is -0.508 e. The van der Waals surface area contributed by atoms with E-state index in [9.17, 15) is 5.11 Å². The Morgan fingerprint density at radius 3 is 2.73 bits per heavy atom. The van der Waals surface area contributed by atoms with E-state index in [-0.39, 0.29) is 5.75 Å². The Kier molecular flexibility index (Phi) is 4.91. The Morgan fingerprint density at radius 2 is 1.85 bits per heavy atom. The number of hydrogen-bond acceptors (Lipinski definition) is 4. The van der Waals surface area contributed by atoms with Crippen molar-refractivity contribution in [2.75, 3.05) is 11.9 Å². The molecule has 1 fully saturated rings. The highest BCUT2D eigenvalue weighted by molar-refractivity contribution is 5.94. The van der Waals surface area contributed by atoms with Crippen LogP contribution in [0.4, 0.5) is 11.4 Å². The van der Waals surface area contributed by atoms with Gasteiger partial charge in [0.2, 0.25) is 0 Å². The van der Waals surface area contributed by atoms with Crippen molar-refractivity contribution < 1.29 is 9.84 Å². The third kappa shape index (κ3) is 3.74. The minimum atomic E-state index is 0.232. The maximum absolute atomic E-state index is 9.82. The number of hydrogen-bond donors (Lipinski definition) is 2. The van der Waals surface area contributed by atoms with Crippen LogP contribution in [0.3, 0.4) is 0 Å². The molecule has 1 aromatic heterocycles. The summed E-state index contributed by atoms with van der Waals surface area (Å²) >= 11 is 0. The number of phenols is 1. The van der Waals surface area contributed by atoms with Crippen molar-refractivity contribution in [1.29, 1.82) is 0 Å². The number of ether oxygens (including phenoxy) is 1. The van der Waals surface area contributed by atoms with Crippen LogP contribution in [0.25, 0.3) is 10.9 Å². The fourth-order valence-corrected chi connectivity index (χ4v) is 3.65. The molecule has 134 valence electrons. The number of anilines is 2. The van der Waals surface area contributed by atoms with Crippen molar-refractivity contribution in [3.05, 3.63) is 54.7 Å². The quantitative estimate of drug-likeness (QED) is 0.626. The molecule has 2 aromatic carbocycles. The van der Waals surface area contributed by atoms with Gasteiger partial charge < -0.3 is 15.2 Å². The fraction of sp³-hybridized carbons (Fsp3) is 0.318. The van der Waals surface area contributed by atoms with Gasteiger partial charge in [-0.1, -0.05) is 31.4 Å². The molecule has 3 aromatic rings. The van der Waals surface area contributed by atoms with Gasteiger partial charge in [0.1, 0.15) is 11.5 Å². The van der Waals surface area contributed by atoms with Gasteiger partial charge in [0, 0.05) is 17.3 Å². The minimum absolute atomic E-state index is 0.232. The van der Waals surface area contributed by atoms with Gasteiger partial charge in [-0.05, 0) is 55.2 Å². The van der Waals surface area contributed by atoms with Gasteiger partial charge in [0.15, 0.2) is 0 Å². The van der Waals surface area contributed by atoms with Gasteiger partial charge in [-0.15, -0.1) is 0 Å². The molecule has 0 radical (unpaired) electrons. The number of aromatic hydroxyl groups is 1. The van der Waals surface area contributed by atoms with Crippen molar-refractivity contribution in [2.45, 2.75) is 32.1 Å². The van der Waals surface area contributed by atoms with E-state index in [0.29, 0.717) is 5.92 Å². The summed E-state index contributed by atoms with van der Waals surface area (Å²) in [6.45, 7) is 0.774. The lowest BCUT2D eigenvalue weighted by molar-refractivity contribution is 0.209. The van der Waals surface area contributed by atoms with Crippen LogP contribution in [0.15, 0.2) is 54.7 Å². The van der Waals surface area contributed by atoms with E-state index in [1.807, 2.05) is 36.4 Å². The molecule has 0 atom stereocenters. The van der Waals surface area contributed by atoms with Crippen molar-refractivity contribution in [2.24, 2.45) is 5.92 Å². The first-order chi connectivity index (χ1) is 12.8. The highest BCUT2D eigenvalue weighted by Gasteiger charge is 2.15. The third-order valence-corrected chi connectivity index (χ3v) is 5.08. The molecule has 4 nitrogen and oxygen atoms in total. The predicted molar refractivity (Wildman–Crippen MR) is 105 cm³/mol. The molecule has 0 aliphatic heterocycles. The fourth-order valence-electron chi connectivity index (χ4n) is 3.65. The SMILES string of the molecule is Oc1ccc2nccc(Nc3ccccc3OCC3CCCCC3)c2c1. The van der Waals surface area contributed by atoms with Gasteiger partial charge in [-0.2, -0.15) is 0 Å². The Morgan fingerprint density at radius 1 is 1.00 bits per heavy atom. The first kappa shape index (κ1) is 16.7. The van der Waals surface area contributed by atoms with Gasteiger partial charge in [0.25, 0.3) is 0 Å². The molecule has 4 heteroatoms. The zero-order chi connectivity index (χ0) is 17.8. The molecular formula is C22H24N2O2. The van der Waals surface area contributed by atoms with E-state index >= 15 is 0 Å². The molecule has 26 heavy (non-hydrogen) atoms. The average Bonchev–Trinajstić information content (AvgIpc) is 2.68. The topological polar surface area (TPSA) is 54.4 Å². The number of phenolic OH excluding ortho intramolecular Hbond substituents is 1. The largest absolute Gasteiger partial charge is 0.508 e. The van der Waals surface area contributed by atoms with E-state index < -0.39 is 0 Å². The highest BCUT2D eigenvalue weighted by atomic mass is 16.5. The van der Waals surface area contributed by atoms with E-state index in [4.69, 9.17) is 4.74 Å². The average molecular weight is 348 g/mol. The summed E-state index contributed by atoms with van der Waals surface area (Å²) in [5, 5.41) is 14.2. The highest BCUT2D eigenvalue weighted by Crippen LogP contribution is 2.33. The molecule has 0 amide bonds. The smallest absolute Gasteiger partial charge is 0.142 e. The first-order valence-electron chi connectivity index (χ1n) is 9.36. The van der Waals surface area contributed by atoms with E-state index in [2.05, 4.69) is 10.3 Å². The maximum Gasteiger partial charge on any atom is 0.142 e. The third-order valence-electron chi connectivity index (χ3n) is 5.08. The Balaban J connectivity index is 1.56. The second-order valence-corrected chi connectivity index (χ2v) is 7.00. The van der Waals surface area contributed by atoms with Crippen LogP contribution >= 0.6 is 0 Å². The molecule has 1 saturated carbocycles. The second-order valence-electron chi connectivity index (χ2n) is 7.00. The Bertz CT molecular complexity index is 888. The summed E-state index contributed by atoms with van der Waals surface area (Å²) in [7, 11) is 0. The Labute approximate surface area is 153 Å². The number of para-hydroxylation sites is 2. The van der Waals surface area contributed by atoms with Gasteiger partial charge in [-0.3, -0.25) is 4.98 Å². The summed E-state index contributed by atoms with van der Waals surface area (Å²) < 4.78 is 6.16. The molecule has 0 bridgehead atoms. The van der Waals surface area contributed by atoms with Crippen LogP contribution in [0.2, 0.25) is 0 Å². The number of fused-ring (bicyclic) bond motifs is 1. The monoisotopic (exact) mass is 348 g/mol. The molecule has 1 aliphatic carbocycles. The van der Waals surface area contributed by atoms with Crippen molar-refractivity contribution in [3.63, 3.8) is 0 Å². The number of benzene rings is 2. The van der Waals surface area contributed by atoms with Gasteiger partial charge in [0.05, 0.1) is 17.8 Å². The first-order valence-corrected chi connectivity index (χ1v) is 9.36. The van der Waals surface area contributed by atoms with Crippen LogP contribution in [0.5, 0.6) is 11.5 Å². The Hall–Kier alpha value is -2.75.